The van der Waals surface area contributed by atoms with Crippen molar-refractivity contribution in [2.24, 2.45) is 0 Å². The van der Waals surface area contributed by atoms with Crippen LogP contribution in [0.25, 0.3) is 0 Å². The summed E-state index contributed by atoms with van der Waals surface area (Å²) in [6, 6.07) is 0. The van der Waals surface area contributed by atoms with E-state index in [1.54, 1.807) is 0 Å². The molecule has 0 fully saturated rings. The number of hydrogen-bond acceptors (Lipinski definition) is 0. The molecule has 0 atom stereocenters. The molecule has 0 bridgehead atoms. The van der Waals surface area contributed by atoms with E-state index in [0.717, 1.165) is 0 Å². The Morgan fingerprint density at radius 3 is 2.44 bits per heavy atom. The van der Waals surface area contributed by atoms with E-state index in [1.807, 2.05) is 6.08 Å². The third kappa shape index (κ3) is 4.01. The highest BCUT2D eigenvalue weighted by molar-refractivity contribution is 5.09. The molecule has 0 rings (SSSR count). The SMILES string of the molecule is C=CC=C(CC)CCC. The van der Waals surface area contributed by atoms with E-state index in [4.69, 9.17) is 0 Å². The quantitative estimate of drug-likeness (QED) is 0.504. The summed E-state index contributed by atoms with van der Waals surface area (Å²) in [4.78, 5) is 0. The molecule has 0 saturated heterocycles. The molecule has 0 spiro atoms. The van der Waals surface area contributed by atoms with Gasteiger partial charge in [0.2, 0.25) is 0 Å². The highest BCUT2D eigenvalue weighted by atomic mass is 13.9. The lowest BCUT2D eigenvalue weighted by atomic mass is 10.1. The maximum absolute atomic E-state index is 3.65. The van der Waals surface area contributed by atoms with Gasteiger partial charge in [-0.2, -0.15) is 0 Å². The Morgan fingerprint density at radius 1 is 1.44 bits per heavy atom. The van der Waals surface area contributed by atoms with Crippen LogP contribution in [0.3, 0.4) is 0 Å². The fourth-order valence-electron chi connectivity index (χ4n) is 0.866. The molecule has 0 amide bonds. The van der Waals surface area contributed by atoms with Gasteiger partial charge in [0, 0.05) is 0 Å². The molecule has 0 aromatic rings. The van der Waals surface area contributed by atoms with Gasteiger partial charge >= 0.3 is 0 Å². The topological polar surface area (TPSA) is 0 Å². The van der Waals surface area contributed by atoms with Gasteiger partial charge < -0.3 is 0 Å². The van der Waals surface area contributed by atoms with E-state index in [2.05, 4.69) is 26.5 Å². The zero-order valence-electron chi connectivity index (χ0n) is 6.48. The fraction of sp³-hybridized carbons (Fsp3) is 0.556. The maximum Gasteiger partial charge on any atom is -0.0320 e. The first-order valence-electron chi connectivity index (χ1n) is 3.65. The van der Waals surface area contributed by atoms with Gasteiger partial charge in [0.15, 0.2) is 0 Å². The summed E-state index contributed by atoms with van der Waals surface area (Å²) in [6.07, 6.45) is 7.62. The first-order valence-corrected chi connectivity index (χ1v) is 3.65. The largest absolute Gasteiger partial charge is 0.0991 e. The molecule has 0 aliphatic carbocycles. The van der Waals surface area contributed by atoms with Crippen LogP contribution in [0.15, 0.2) is 24.3 Å². The predicted molar refractivity (Wildman–Crippen MR) is 43.5 cm³/mol. The number of rotatable bonds is 4. The van der Waals surface area contributed by atoms with Crippen LogP contribution in [0.4, 0.5) is 0 Å². The van der Waals surface area contributed by atoms with Crippen LogP contribution in [0.5, 0.6) is 0 Å². The highest BCUT2D eigenvalue weighted by Gasteiger charge is 1.87. The van der Waals surface area contributed by atoms with Crippen molar-refractivity contribution in [2.75, 3.05) is 0 Å². The first kappa shape index (κ1) is 8.48. The van der Waals surface area contributed by atoms with E-state index in [1.165, 1.54) is 24.8 Å². The van der Waals surface area contributed by atoms with Gasteiger partial charge in [-0.05, 0) is 12.8 Å². The molecular formula is C9H16. The van der Waals surface area contributed by atoms with Crippen molar-refractivity contribution in [3.05, 3.63) is 24.3 Å². The summed E-state index contributed by atoms with van der Waals surface area (Å²) in [5.41, 5.74) is 1.51. The van der Waals surface area contributed by atoms with Crippen molar-refractivity contribution >= 4 is 0 Å². The van der Waals surface area contributed by atoms with Crippen LogP contribution < -0.4 is 0 Å². The Kier molecular flexibility index (Phi) is 5.29. The van der Waals surface area contributed by atoms with E-state index in [-0.39, 0.29) is 0 Å². The lowest BCUT2D eigenvalue weighted by Gasteiger charge is -1.97. The molecule has 0 unspecified atom stereocenters. The van der Waals surface area contributed by atoms with Gasteiger partial charge in [-0.1, -0.05) is 44.6 Å². The Bertz CT molecular complexity index is 98.6. The van der Waals surface area contributed by atoms with Crippen LogP contribution in [0, 0.1) is 0 Å². The zero-order valence-corrected chi connectivity index (χ0v) is 6.48. The molecule has 0 heteroatoms. The molecular weight excluding hydrogens is 108 g/mol. The summed E-state index contributed by atoms with van der Waals surface area (Å²) < 4.78 is 0. The van der Waals surface area contributed by atoms with E-state index in [0.29, 0.717) is 0 Å². The second kappa shape index (κ2) is 5.61. The van der Waals surface area contributed by atoms with Crippen LogP contribution >= 0.6 is 0 Å². The first-order chi connectivity index (χ1) is 4.35. The van der Waals surface area contributed by atoms with Gasteiger partial charge in [-0.15, -0.1) is 0 Å². The van der Waals surface area contributed by atoms with Crippen molar-refractivity contribution in [3.63, 3.8) is 0 Å². The minimum atomic E-state index is 1.17. The third-order valence-corrected chi connectivity index (χ3v) is 1.38. The minimum Gasteiger partial charge on any atom is -0.0991 e. The van der Waals surface area contributed by atoms with Crippen molar-refractivity contribution in [1.29, 1.82) is 0 Å². The minimum absolute atomic E-state index is 1.17. The molecule has 0 nitrogen and oxygen atoms in total. The van der Waals surface area contributed by atoms with Crippen molar-refractivity contribution in [3.8, 4) is 0 Å². The molecule has 0 aliphatic heterocycles. The van der Waals surface area contributed by atoms with Crippen LogP contribution in [-0.4, -0.2) is 0 Å². The van der Waals surface area contributed by atoms with E-state index < -0.39 is 0 Å². The van der Waals surface area contributed by atoms with Gasteiger partial charge in [0.05, 0.1) is 0 Å². The van der Waals surface area contributed by atoms with Crippen molar-refractivity contribution in [2.45, 2.75) is 33.1 Å². The lowest BCUT2D eigenvalue weighted by Crippen LogP contribution is -1.77. The lowest BCUT2D eigenvalue weighted by molar-refractivity contribution is 0.859. The standard InChI is InChI=1S/C9H16/c1-4-7-9(6-3)8-5-2/h4,7H,1,5-6,8H2,2-3H3. The van der Waals surface area contributed by atoms with Gasteiger partial charge in [-0.3, -0.25) is 0 Å². The van der Waals surface area contributed by atoms with E-state index >= 15 is 0 Å². The fourth-order valence-corrected chi connectivity index (χ4v) is 0.866. The van der Waals surface area contributed by atoms with Gasteiger partial charge in [0.1, 0.15) is 0 Å². The summed E-state index contributed by atoms with van der Waals surface area (Å²) in [6.45, 7) is 8.04. The highest BCUT2D eigenvalue weighted by Crippen LogP contribution is 2.07. The van der Waals surface area contributed by atoms with Gasteiger partial charge in [0.25, 0.3) is 0 Å². The molecule has 0 N–H and O–H groups in total. The van der Waals surface area contributed by atoms with Crippen LogP contribution in [-0.2, 0) is 0 Å². The molecule has 52 valence electrons. The average Bonchev–Trinajstić information content (AvgIpc) is 1.88. The van der Waals surface area contributed by atoms with E-state index in [9.17, 15) is 0 Å². The van der Waals surface area contributed by atoms with Crippen molar-refractivity contribution < 1.29 is 0 Å². The molecule has 0 aromatic heterocycles. The third-order valence-electron chi connectivity index (χ3n) is 1.38. The van der Waals surface area contributed by atoms with Crippen molar-refractivity contribution in [1.82, 2.24) is 0 Å². The zero-order chi connectivity index (χ0) is 7.11. The maximum atomic E-state index is 3.65. The van der Waals surface area contributed by atoms with Crippen LogP contribution in [0.1, 0.15) is 33.1 Å². The smallest absolute Gasteiger partial charge is 0.0320 e. The summed E-state index contributed by atoms with van der Waals surface area (Å²) in [5, 5.41) is 0. The molecule has 9 heavy (non-hydrogen) atoms. The molecule has 0 aliphatic rings. The number of allylic oxidation sites excluding steroid dienone is 3. The Labute approximate surface area is 58.3 Å². The Balaban J connectivity index is 3.66. The molecule has 0 heterocycles. The van der Waals surface area contributed by atoms with Gasteiger partial charge in [-0.25, -0.2) is 0 Å². The summed E-state index contributed by atoms with van der Waals surface area (Å²) >= 11 is 0. The summed E-state index contributed by atoms with van der Waals surface area (Å²) in [7, 11) is 0. The second-order valence-electron chi connectivity index (χ2n) is 2.16. The second-order valence-corrected chi connectivity index (χ2v) is 2.16. The predicted octanol–water partition coefficient (Wildman–Crippen LogP) is 3.31. The average molecular weight is 124 g/mol. The summed E-state index contributed by atoms with van der Waals surface area (Å²) in [5.74, 6) is 0. The molecule has 0 saturated carbocycles. The Hall–Kier alpha value is -0.520. The molecule has 0 radical (unpaired) electrons. The normalized spacial score (nSPS) is 11.6. The number of hydrogen-bond donors (Lipinski definition) is 0. The van der Waals surface area contributed by atoms with Crippen LogP contribution in [0.2, 0.25) is 0 Å². The molecule has 0 aromatic carbocycles. The monoisotopic (exact) mass is 124 g/mol. The Morgan fingerprint density at radius 2 is 2.11 bits per heavy atom.